The molecule has 3 rings (SSSR count). The molecule has 0 saturated carbocycles. The van der Waals surface area contributed by atoms with Crippen LogP contribution in [0.25, 0.3) is 0 Å². The van der Waals surface area contributed by atoms with Crippen molar-refractivity contribution >= 4 is 24.0 Å². The van der Waals surface area contributed by atoms with E-state index in [0.29, 0.717) is 24.4 Å². The summed E-state index contributed by atoms with van der Waals surface area (Å²) in [6.45, 7) is 1.86. The first-order valence-electron chi connectivity index (χ1n) is 8.31. The van der Waals surface area contributed by atoms with Crippen molar-refractivity contribution in [2.24, 2.45) is 5.92 Å². The van der Waals surface area contributed by atoms with Crippen LogP contribution in [0.3, 0.4) is 0 Å². The zero-order valence-corrected chi connectivity index (χ0v) is 14.6. The summed E-state index contributed by atoms with van der Waals surface area (Å²) in [7, 11) is 0. The Labute approximate surface area is 148 Å². The van der Waals surface area contributed by atoms with E-state index in [1.165, 1.54) is 25.0 Å². The highest BCUT2D eigenvalue weighted by molar-refractivity contribution is 5.85. The molecule has 1 aromatic rings. The van der Waals surface area contributed by atoms with Gasteiger partial charge in [0.1, 0.15) is 0 Å². The van der Waals surface area contributed by atoms with E-state index in [9.17, 15) is 14.9 Å². The number of non-ortho nitro benzene ring substituents is 1. The number of hydrogen-bond donors (Lipinski definition) is 2. The number of nitrogens with zero attached hydrogens (tertiary/aromatic N) is 1. The number of carbonyl (C=O) groups is 1. The van der Waals surface area contributed by atoms with Crippen LogP contribution in [0.15, 0.2) is 24.3 Å². The van der Waals surface area contributed by atoms with Gasteiger partial charge in [0, 0.05) is 30.6 Å². The van der Waals surface area contributed by atoms with Crippen molar-refractivity contribution < 1.29 is 9.72 Å². The summed E-state index contributed by atoms with van der Waals surface area (Å²) in [5.41, 5.74) is 0.816. The number of nitro benzene ring substituents is 1. The third-order valence-electron chi connectivity index (χ3n) is 5.00. The molecule has 2 fully saturated rings. The molecule has 1 aromatic carbocycles. The number of benzene rings is 1. The maximum Gasteiger partial charge on any atom is 0.269 e. The molecular formula is C17H24ClN3O3. The monoisotopic (exact) mass is 353 g/mol. The fraction of sp³-hybridized carbons (Fsp3) is 0.588. The van der Waals surface area contributed by atoms with Crippen LogP contribution < -0.4 is 10.6 Å². The second-order valence-corrected chi connectivity index (χ2v) is 6.82. The fourth-order valence-corrected chi connectivity index (χ4v) is 3.90. The van der Waals surface area contributed by atoms with E-state index in [4.69, 9.17) is 0 Å². The quantitative estimate of drug-likeness (QED) is 0.629. The predicted molar refractivity (Wildman–Crippen MR) is 94.2 cm³/mol. The van der Waals surface area contributed by atoms with E-state index >= 15 is 0 Å². The normalized spacial score (nSPS) is 26.3. The van der Waals surface area contributed by atoms with Crippen molar-refractivity contribution in [3.8, 4) is 0 Å². The van der Waals surface area contributed by atoms with Crippen molar-refractivity contribution in [3.05, 3.63) is 39.9 Å². The zero-order chi connectivity index (χ0) is 16.4. The van der Waals surface area contributed by atoms with Gasteiger partial charge in [-0.25, -0.2) is 0 Å². The molecule has 0 radical (unpaired) electrons. The average Bonchev–Trinajstić information content (AvgIpc) is 2.86. The third kappa shape index (κ3) is 4.45. The number of hydrogen-bond acceptors (Lipinski definition) is 4. The molecule has 132 valence electrons. The number of amides is 1. The lowest BCUT2D eigenvalue weighted by Gasteiger charge is -2.29. The lowest BCUT2D eigenvalue weighted by Crippen LogP contribution is -2.40. The molecule has 2 aliphatic heterocycles. The molecule has 2 heterocycles. The van der Waals surface area contributed by atoms with E-state index < -0.39 is 4.92 Å². The first kappa shape index (κ1) is 18.7. The van der Waals surface area contributed by atoms with E-state index in [1.54, 1.807) is 6.07 Å². The molecule has 0 aromatic heterocycles. The molecule has 0 spiro atoms. The van der Waals surface area contributed by atoms with Crippen molar-refractivity contribution in [2.75, 3.05) is 0 Å². The highest BCUT2D eigenvalue weighted by Crippen LogP contribution is 2.32. The second-order valence-electron chi connectivity index (χ2n) is 6.82. The van der Waals surface area contributed by atoms with Crippen molar-refractivity contribution in [1.29, 1.82) is 0 Å². The van der Waals surface area contributed by atoms with Crippen LogP contribution in [0.4, 0.5) is 5.69 Å². The van der Waals surface area contributed by atoms with Crippen LogP contribution in [0.2, 0.25) is 0 Å². The van der Waals surface area contributed by atoms with Crippen molar-refractivity contribution in [1.82, 2.24) is 10.6 Å². The summed E-state index contributed by atoms with van der Waals surface area (Å²) in [5.74, 6) is 0.487. The van der Waals surface area contributed by atoms with Crippen LogP contribution in [-0.4, -0.2) is 22.9 Å². The van der Waals surface area contributed by atoms with Crippen molar-refractivity contribution in [2.45, 2.75) is 57.2 Å². The summed E-state index contributed by atoms with van der Waals surface area (Å²) in [5, 5.41) is 17.4. The summed E-state index contributed by atoms with van der Waals surface area (Å²) in [4.78, 5) is 22.7. The Morgan fingerprint density at radius 1 is 1.38 bits per heavy atom. The molecule has 2 N–H and O–H groups in total. The van der Waals surface area contributed by atoms with Gasteiger partial charge in [-0.3, -0.25) is 14.9 Å². The minimum atomic E-state index is -0.414. The Hall–Kier alpha value is -1.66. The Bertz CT molecular complexity index is 598. The van der Waals surface area contributed by atoms with Gasteiger partial charge in [0.2, 0.25) is 5.91 Å². The summed E-state index contributed by atoms with van der Waals surface area (Å²) >= 11 is 0. The number of rotatable bonds is 5. The fourth-order valence-electron chi connectivity index (χ4n) is 3.90. The van der Waals surface area contributed by atoms with Crippen LogP contribution in [0, 0.1) is 16.0 Å². The van der Waals surface area contributed by atoms with Gasteiger partial charge in [-0.2, -0.15) is 0 Å². The molecule has 1 amide bonds. The first-order chi connectivity index (χ1) is 11.0. The van der Waals surface area contributed by atoms with Gasteiger partial charge in [0.05, 0.1) is 11.0 Å². The smallest absolute Gasteiger partial charge is 0.269 e. The number of piperidine rings is 1. The van der Waals surface area contributed by atoms with Crippen molar-refractivity contribution in [3.63, 3.8) is 0 Å². The standard InChI is InChI=1S/C17H23N3O3.ClH/c1-11(13-3-2-4-16(10-13)20(22)23)18-17(21)9-12-7-14-5-6-15(8-12)19-14;/h2-4,10-12,14-15,19H,5-9H2,1H3,(H,18,21);1H. The molecule has 0 aliphatic carbocycles. The lowest BCUT2D eigenvalue weighted by atomic mass is 9.89. The van der Waals surface area contributed by atoms with Gasteiger partial charge in [0.25, 0.3) is 5.69 Å². The molecule has 2 bridgehead atoms. The maximum atomic E-state index is 12.3. The number of nitrogens with one attached hydrogen (secondary N) is 2. The van der Waals surface area contributed by atoms with Crippen LogP contribution in [-0.2, 0) is 4.79 Å². The predicted octanol–water partition coefficient (Wildman–Crippen LogP) is 3.11. The summed E-state index contributed by atoms with van der Waals surface area (Å²) in [6.07, 6.45) is 5.16. The highest BCUT2D eigenvalue weighted by Gasteiger charge is 2.34. The van der Waals surface area contributed by atoms with Crippen LogP contribution in [0.5, 0.6) is 0 Å². The van der Waals surface area contributed by atoms with E-state index in [0.717, 1.165) is 18.4 Å². The second kappa shape index (κ2) is 7.94. The van der Waals surface area contributed by atoms with Gasteiger partial charge in [-0.05, 0) is 44.1 Å². The summed E-state index contributed by atoms with van der Waals surface area (Å²) < 4.78 is 0. The summed E-state index contributed by atoms with van der Waals surface area (Å²) in [6, 6.07) is 7.39. The highest BCUT2D eigenvalue weighted by atomic mass is 35.5. The Morgan fingerprint density at radius 3 is 2.67 bits per heavy atom. The molecule has 3 unspecified atom stereocenters. The van der Waals surface area contributed by atoms with Gasteiger partial charge >= 0.3 is 0 Å². The number of halogens is 1. The van der Waals surface area contributed by atoms with Crippen LogP contribution in [0.1, 0.15) is 50.6 Å². The molecule has 2 saturated heterocycles. The molecule has 7 heteroatoms. The Balaban J connectivity index is 0.00000208. The van der Waals surface area contributed by atoms with Gasteiger partial charge < -0.3 is 10.6 Å². The minimum Gasteiger partial charge on any atom is -0.350 e. The van der Waals surface area contributed by atoms with E-state index in [2.05, 4.69) is 10.6 Å². The molecule has 3 atom stereocenters. The number of carbonyl (C=O) groups excluding carboxylic acids is 1. The molecular weight excluding hydrogens is 330 g/mol. The topological polar surface area (TPSA) is 84.3 Å². The molecule has 24 heavy (non-hydrogen) atoms. The van der Waals surface area contributed by atoms with Gasteiger partial charge in [-0.1, -0.05) is 12.1 Å². The Morgan fingerprint density at radius 2 is 2.04 bits per heavy atom. The van der Waals surface area contributed by atoms with Gasteiger partial charge in [-0.15, -0.1) is 12.4 Å². The number of nitro groups is 1. The van der Waals surface area contributed by atoms with Gasteiger partial charge in [0.15, 0.2) is 0 Å². The lowest BCUT2D eigenvalue weighted by molar-refractivity contribution is -0.384. The first-order valence-corrected chi connectivity index (χ1v) is 8.31. The maximum absolute atomic E-state index is 12.3. The molecule has 2 aliphatic rings. The largest absolute Gasteiger partial charge is 0.350 e. The van der Waals surface area contributed by atoms with Crippen LogP contribution >= 0.6 is 12.4 Å². The zero-order valence-electron chi connectivity index (χ0n) is 13.7. The third-order valence-corrected chi connectivity index (χ3v) is 5.00. The minimum absolute atomic E-state index is 0. The SMILES string of the molecule is CC(NC(=O)CC1CC2CCC(C1)N2)c1cccc([N+](=O)[O-])c1.Cl. The molecule has 6 nitrogen and oxygen atoms in total. The van der Waals surface area contributed by atoms with E-state index in [1.807, 2.05) is 13.0 Å². The average molecular weight is 354 g/mol. The number of fused-ring (bicyclic) bond motifs is 2. The van der Waals surface area contributed by atoms with E-state index in [-0.39, 0.29) is 30.0 Å². The Kier molecular flexibility index (Phi) is 6.18.